The van der Waals surface area contributed by atoms with Crippen molar-refractivity contribution in [3.8, 4) is 5.75 Å². The van der Waals surface area contributed by atoms with Gasteiger partial charge < -0.3 is 4.74 Å². The van der Waals surface area contributed by atoms with E-state index in [0.717, 1.165) is 26.9 Å². The van der Waals surface area contributed by atoms with Gasteiger partial charge in [-0.2, -0.15) is 0 Å². The molecule has 0 fully saturated rings. The number of isocyanates is 1. The van der Waals surface area contributed by atoms with Crippen LogP contribution in [0.3, 0.4) is 0 Å². The van der Waals surface area contributed by atoms with Crippen molar-refractivity contribution in [1.29, 1.82) is 0 Å². The Morgan fingerprint density at radius 3 is 2.73 bits per heavy atom. The van der Waals surface area contributed by atoms with Crippen molar-refractivity contribution in [1.82, 2.24) is 0 Å². The van der Waals surface area contributed by atoms with E-state index in [2.05, 4.69) is 20.9 Å². The molecule has 0 radical (unpaired) electrons. The molecule has 3 nitrogen and oxygen atoms in total. The van der Waals surface area contributed by atoms with Crippen molar-refractivity contribution in [2.24, 2.45) is 4.99 Å². The first kappa shape index (κ1) is 12.0. The van der Waals surface area contributed by atoms with E-state index in [-0.39, 0.29) is 0 Å². The summed E-state index contributed by atoms with van der Waals surface area (Å²) in [5, 5.41) is 0. The maximum absolute atomic E-state index is 10.1. The van der Waals surface area contributed by atoms with Gasteiger partial charge in [0.25, 0.3) is 0 Å². The van der Waals surface area contributed by atoms with Gasteiger partial charge in [0.05, 0.1) is 13.7 Å². The number of halogens is 1. The predicted octanol–water partition coefficient (Wildman–Crippen LogP) is 2.91. The number of hydrogen-bond acceptors (Lipinski definition) is 3. The van der Waals surface area contributed by atoms with E-state index in [4.69, 9.17) is 4.74 Å². The molecule has 0 aliphatic rings. The number of carbonyl (C=O) groups excluding carboxylic acids is 1. The Labute approximate surface area is 97.3 Å². The van der Waals surface area contributed by atoms with Gasteiger partial charge in [-0.1, -0.05) is 15.9 Å². The summed E-state index contributed by atoms with van der Waals surface area (Å²) < 4.78 is 6.32. The van der Waals surface area contributed by atoms with Crippen LogP contribution in [0.5, 0.6) is 5.75 Å². The molecule has 1 aromatic rings. The minimum Gasteiger partial charge on any atom is -0.496 e. The SMILES string of the molecule is COc1c(CN=C=O)cc(C)c(Br)c1C. The number of methoxy groups -OCH3 is 1. The lowest BCUT2D eigenvalue weighted by atomic mass is 10.1. The van der Waals surface area contributed by atoms with Crippen LogP contribution in [-0.2, 0) is 11.3 Å². The molecule has 0 unspecified atom stereocenters. The highest BCUT2D eigenvalue weighted by Gasteiger charge is 2.11. The molecular formula is C11H12BrNO2. The molecule has 0 saturated heterocycles. The van der Waals surface area contributed by atoms with Crippen LogP contribution < -0.4 is 4.74 Å². The van der Waals surface area contributed by atoms with Crippen LogP contribution in [0.1, 0.15) is 16.7 Å². The molecule has 0 aromatic heterocycles. The van der Waals surface area contributed by atoms with Crippen LogP contribution >= 0.6 is 15.9 Å². The van der Waals surface area contributed by atoms with E-state index in [0.29, 0.717) is 6.54 Å². The Morgan fingerprint density at radius 2 is 2.20 bits per heavy atom. The van der Waals surface area contributed by atoms with Gasteiger partial charge in [0.2, 0.25) is 6.08 Å². The molecule has 4 heteroatoms. The maximum atomic E-state index is 10.1. The van der Waals surface area contributed by atoms with Gasteiger partial charge >= 0.3 is 0 Å². The first-order valence-corrected chi connectivity index (χ1v) is 5.27. The summed E-state index contributed by atoms with van der Waals surface area (Å²) >= 11 is 3.49. The number of nitrogens with zero attached hydrogens (tertiary/aromatic N) is 1. The smallest absolute Gasteiger partial charge is 0.235 e. The molecule has 0 aliphatic carbocycles. The second-order valence-electron chi connectivity index (χ2n) is 3.23. The first-order valence-electron chi connectivity index (χ1n) is 4.48. The van der Waals surface area contributed by atoms with Gasteiger partial charge in [-0.05, 0) is 25.5 Å². The fourth-order valence-corrected chi connectivity index (χ4v) is 1.84. The standard InChI is InChI=1S/C11H12BrNO2/c1-7-4-9(5-13-6-14)11(15-3)8(2)10(7)12/h4H,5H2,1-3H3. The zero-order chi connectivity index (χ0) is 11.4. The van der Waals surface area contributed by atoms with Crippen molar-refractivity contribution in [2.45, 2.75) is 20.4 Å². The van der Waals surface area contributed by atoms with Crippen molar-refractivity contribution < 1.29 is 9.53 Å². The number of aryl methyl sites for hydroxylation is 1. The third-order valence-electron chi connectivity index (χ3n) is 2.22. The van der Waals surface area contributed by atoms with Crippen molar-refractivity contribution >= 4 is 22.0 Å². The Hall–Kier alpha value is -1.12. The topological polar surface area (TPSA) is 38.7 Å². The summed E-state index contributed by atoms with van der Waals surface area (Å²) in [6.07, 6.45) is 1.53. The zero-order valence-electron chi connectivity index (χ0n) is 8.93. The van der Waals surface area contributed by atoms with Gasteiger partial charge in [-0.25, -0.2) is 9.79 Å². The molecule has 15 heavy (non-hydrogen) atoms. The molecule has 0 aliphatic heterocycles. The van der Waals surface area contributed by atoms with Gasteiger partial charge in [-0.15, -0.1) is 0 Å². The minimum absolute atomic E-state index is 0.307. The summed E-state index contributed by atoms with van der Waals surface area (Å²) in [6.45, 7) is 4.26. The third-order valence-corrected chi connectivity index (χ3v) is 3.44. The summed E-state index contributed by atoms with van der Waals surface area (Å²) in [5.41, 5.74) is 3.03. The van der Waals surface area contributed by atoms with Crippen LogP contribution in [0.15, 0.2) is 15.5 Å². The lowest BCUT2D eigenvalue weighted by molar-refractivity contribution is 0.406. The Morgan fingerprint density at radius 1 is 1.53 bits per heavy atom. The number of ether oxygens (including phenoxy) is 1. The summed E-state index contributed by atoms with van der Waals surface area (Å²) in [5.74, 6) is 0.770. The van der Waals surface area contributed by atoms with Crippen LogP contribution in [0.25, 0.3) is 0 Å². The average Bonchev–Trinajstić information content (AvgIpc) is 2.23. The normalized spacial score (nSPS) is 9.60. The second kappa shape index (κ2) is 5.10. The van der Waals surface area contributed by atoms with Crippen LogP contribution in [0.2, 0.25) is 0 Å². The molecule has 1 aromatic carbocycles. The Bertz CT molecular complexity index is 423. The Balaban J connectivity index is 3.31. The molecule has 0 heterocycles. The fraction of sp³-hybridized carbons (Fsp3) is 0.364. The van der Waals surface area contributed by atoms with Crippen LogP contribution in [0.4, 0.5) is 0 Å². The molecule has 0 atom stereocenters. The number of benzene rings is 1. The van der Waals surface area contributed by atoms with Crippen LogP contribution in [0, 0.1) is 13.8 Å². The van der Waals surface area contributed by atoms with Gasteiger partial charge in [0.15, 0.2) is 0 Å². The van der Waals surface area contributed by atoms with E-state index in [1.54, 1.807) is 7.11 Å². The first-order chi connectivity index (χ1) is 7.11. The van der Waals surface area contributed by atoms with E-state index < -0.39 is 0 Å². The largest absolute Gasteiger partial charge is 0.496 e. The quantitative estimate of drug-likeness (QED) is 0.625. The molecule has 0 saturated carbocycles. The maximum Gasteiger partial charge on any atom is 0.235 e. The lowest BCUT2D eigenvalue weighted by Crippen LogP contribution is -1.97. The van der Waals surface area contributed by atoms with E-state index in [1.807, 2.05) is 19.9 Å². The minimum atomic E-state index is 0.307. The average molecular weight is 270 g/mol. The Kier molecular flexibility index (Phi) is 4.06. The predicted molar refractivity (Wildman–Crippen MR) is 62.0 cm³/mol. The van der Waals surface area contributed by atoms with Gasteiger partial charge in [0, 0.05) is 15.6 Å². The zero-order valence-corrected chi connectivity index (χ0v) is 10.5. The van der Waals surface area contributed by atoms with E-state index in [1.165, 1.54) is 6.08 Å². The highest BCUT2D eigenvalue weighted by molar-refractivity contribution is 9.10. The van der Waals surface area contributed by atoms with Crippen molar-refractivity contribution in [3.05, 3.63) is 27.2 Å². The fourth-order valence-electron chi connectivity index (χ4n) is 1.55. The molecule has 0 N–H and O–H groups in total. The molecule has 0 spiro atoms. The molecule has 0 bridgehead atoms. The van der Waals surface area contributed by atoms with E-state index in [9.17, 15) is 4.79 Å². The molecule has 1 rings (SSSR count). The monoisotopic (exact) mass is 269 g/mol. The van der Waals surface area contributed by atoms with E-state index >= 15 is 0 Å². The van der Waals surface area contributed by atoms with Crippen molar-refractivity contribution in [2.75, 3.05) is 7.11 Å². The number of hydrogen-bond donors (Lipinski definition) is 0. The molecule has 80 valence electrons. The van der Waals surface area contributed by atoms with Gasteiger partial charge in [0.1, 0.15) is 5.75 Å². The van der Waals surface area contributed by atoms with Crippen LogP contribution in [-0.4, -0.2) is 13.2 Å². The van der Waals surface area contributed by atoms with Gasteiger partial charge in [-0.3, -0.25) is 0 Å². The number of rotatable bonds is 3. The highest BCUT2D eigenvalue weighted by atomic mass is 79.9. The summed E-state index contributed by atoms with van der Waals surface area (Å²) in [6, 6.07) is 1.96. The molecule has 0 amide bonds. The third kappa shape index (κ3) is 2.46. The summed E-state index contributed by atoms with van der Waals surface area (Å²) in [7, 11) is 1.61. The second-order valence-corrected chi connectivity index (χ2v) is 4.03. The number of aliphatic imine (C=N–C) groups is 1. The summed E-state index contributed by atoms with van der Waals surface area (Å²) in [4.78, 5) is 13.6. The van der Waals surface area contributed by atoms with Crippen molar-refractivity contribution in [3.63, 3.8) is 0 Å². The highest BCUT2D eigenvalue weighted by Crippen LogP contribution is 2.33. The molecular weight excluding hydrogens is 258 g/mol. The lowest BCUT2D eigenvalue weighted by Gasteiger charge is -2.13.